The number of hydrogen-bond donors (Lipinski definition) is 3. The summed E-state index contributed by atoms with van der Waals surface area (Å²) in [6.07, 6.45) is 2.59. The molecule has 1 heterocycles. The molecule has 4 N–H and O–H groups in total. The maximum Gasteiger partial charge on any atom is 0.262 e. The lowest BCUT2D eigenvalue weighted by molar-refractivity contribution is -0.118. The van der Waals surface area contributed by atoms with Crippen LogP contribution in [0.1, 0.15) is 19.8 Å². The number of fused-ring (bicyclic) bond motifs is 1. The standard InChI is InChI=1S/C15H22N4O2/c1-9(19(2)10-3-4-10)7-17-12-6-13-14(5-11(12)16)21-8-15(20)18-13/h5-6,9-10,17H,3-4,7-8,16H2,1-2H3,(H,18,20). The molecular formula is C15H22N4O2. The molecule has 0 radical (unpaired) electrons. The zero-order valence-corrected chi connectivity index (χ0v) is 12.5. The van der Waals surface area contributed by atoms with Crippen LogP contribution in [0.2, 0.25) is 0 Å². The number of nitrogens with zero attached hydrogens (tertiary/aromatic N) is 1. The van der Waals surface area contributed by atoms with E-state index in [2.05, 4.69) is 29.5 Å². The van der Waals surface area contributed by atoms with Crippen molar-refractivity contribution >= 4 is 23.0 Å². The SMILES string of the molecule is CC(CNc1cc2c(cc1N)OCC(=O)N2)N(C)C1CC1. The third kappa shape index (κ3) is 3.05. The number of hydrogen-bond acceptors (Lipinski definition) is 5. The topological polar surface area (TPSA) is 79.6 Å². The fourth-order valence-electron chi connectivity index (χ4n) is 2.54. The first-order valence-electron chi connectivity index (χ1n) is 7.36. The Bertz CT molecular complexity index is 557. The fraction of sp³-hybridized carbons (Fsp3) is 0.533. The van der Waals surface area contributed by atoms with Crippen LogP contribution in [0.3, 0.4) is 0 Å². The van der Waals surface area contributed by atoms with E-state index in [0.29, 0.717) is 23.2 Å². The van der Waals surface area contributed by atoms with Crippen LogP contribution in [0.5, 0.6) is 5.75 Å². The van der Waals surface area contributed by atoms with E-state index in [4.69, 9.17) is 10.5 Å². The average molecular weight is 290 g/mol. The molecule has 1 aliphatic carbocycles. The van der Waals surface area contributed by atoms with Gasteiger partial charge in [0.2, 0.25) is 0 Å². The molecule has 1 fully saturated rings. The number of anilines is 3. The maximum absolute atomic E-state index is 11.4. The number of ether oxygens (including phenoxy) is 1. The number of carbonyl (C=O) groups is 1. The molecule has 3 rings (SSSR count). The van der Waals surface area contributed by atoms with Crippen LogP contribution >= 0.6 is 0 Å². The Hall–Kier alpha value is -1.95. The summed E-state index contributed by atoms with van der Waals surface area (Å²) in [4.78, 5) is 13.8. The minimum atomic E-state index is -0.139. The van der Waals surface area contributed by atoms with Crippen LogP contribution in [-0.2, 0) is 4.79 Å². The molecule has 1 unspecified atom stereocenters. The summed E-state index contributed by atoms with van der Waals surface area (Å²) < 4.78 is 5.35. The van der Waals surface area contributed by atoms with Crippen LogP contribution in [0.15, 0.2) is 12.1 Å². The van der Waals surface area contributed by atoms with Crippen LogP contribution in [0, 0.1) is 0 Å². The molecule has 1 aromatic carbocycles. The van der Waals surface area contributed by atoms with E-state index < -0.39 is 0 Å². The van der Waals surface area contributed by atoms with Crippen molar-refractivity contribution < 1.29 is 9.53 Å². The zero-order valence-electron chi connectivity index (χ0n) is 12.5. The summed E-state index contributed by atoms with van der Waals surface area (Å²) in [5.41, 5.74) is 8.18. The van der Waals surface area contributed by atoms with Gasteiger partial charge in [-0.05, 0) is 32.9 Å². The average Bonchev–Trinajstić information content (AvgIpc) is 3.29. The van der Waals surface area contributed by atoms with Gasteiger partial charge >= 0.3 is 0 Å². The van der Waals surface area contributed by atoms with E-state index in [1.807, 2.05) is 6.07 Å². The van der Waals surface area contributed by atoms with Crippen molar-refractivity contribution in [3.8, 4) is 5.75 Å². The van der Waals surface area contributed by atoms with Crippen LogP contribution in [0.25, 0.3) is 0 Å². The summed E-state index contributed by atoms with van der Waals surface area (Å²) in [5.74, 6) is 0.487. The molecular weight excluding hydrogens is 268 g/mol. The Morgan fingerprint density at radius 1 is 1.52 bits per heavy atom. The summed E-state index contributed by atoms with van der Waals surface area (Å²) >= 11 is 0. The molecule has 21 heavy (non-hydrogen) atoms. The maximum atomic E-state index is 11.4. The molecule has 2 aliphatic rings. The zero-order chi connectivity index (χ0) is 15.0. The van der Waals surface area contributed by atoms with E-state index in [0.717, 1.165) is 18.3 Å². The predicted octanol–water partition coefficient (Wildman–Crippen LogP) is 1.49. The third-order valence-corrected chi connectivity index (χ3v) is 4.19. The number of likely N-dealkylation sites (N-methyl/N-ethyl adjacent to an activating group) is 1. The number of nitrogens with two attached hydrogens (primary N) is 1. The van der Waals surface area contributed by atoms with Crippen molar-refractivity contribution in [2.45, 2.75) is 31.8 Å². The Morgan fingerprint density at radius 2 is 2.29 bits per heavy atom. The molecule has 1 saturated carbocycles. The molecule has 6 nitrogen and oxygen atoms in total. The predicted molar refractivity (Wildman–Crippen MR) is 83.7 cm³/mol. The van der Waals surface area contributed by atoms with Crippen molar-refractivity contribution in [3.05, 3.63) is 12.1 Å². The van der Waals surface area contributed by atoms with Crippen molar-refractivity contribution in [1.82, 2.24) is 4.90 Å². The lowest BCUT2D eigenvalue weighted by Crippen LogP contribution is -2.36. The first-order chi connectivity index (χ1) is 10.0. The minimum Gasteiger partial charge on any atom is -0.482 e. The minimum absolute atomic E-state index is 0.0441. The van der Waals surface area contributed by atoms with Gasteiger partial charge in [0, 0.05) is 24.7 Å². The monoisotopic (exact) mass is 290 g/mol. The third-order valence-electron chi connectivity index (χ3n) is 4.19. The molecule has 0 bridgehead atoms. The van der Waals surface area contributed by atoms with Crippen molar-refractivity contribution in [3.63, 3.8) is 0 Å². The number of rotatable bonds is 5. The Balaban J connectivity index is 1.67. The van der Waals surface area contributed by atoms with E-state index >= 15 is 0 Å². The molecule has 1 aromatic rings. The van der Waals surface area contributed by atoms with Crippen LogP contribution in [0.4, 0.5) is 17.1 Å². The van der Waals surface area contributed by atoms with Gasteiger partial charge in [-0.15, -0.1) is 0 Å². The van der Waals surface area contributed by atoms with E-state index in [-0.39, 0.29) is 12.5 Å². The van der Waals surface area contributed by atoms with E-state index in [9.17, 15) is 4.79 Å². The van der Waals surface area contributed by atoms with Gasteiger partial charge in [-0.2, -0.15) is 0 Å². The van der Waals surface area contributed by atoms with Crippen molar-refractivity contribution in [2.24, 2.45) is 0 Å². The quantitative estimate of drug-likeness (QED) is 0.716. The molecule has 0 spiro atoms. The highest BCUT2D eigenvalue weighted by Gasteiger charge is 2.29. The molecule has 1 amide bonds. The lowest BCUT2D eigenvalue weighted by Gasteiger charge is -2.26. The second kappa shape index (κ2) is 5.44. The largest absolute Gasteiger partial charge is 0.482 e. The normalized spacial score (nSPS) is 18.7. The summed E-state index contributed by atoms with van der Waals surface area (Å²) in [5, 5.41) is 6.16. The van der Waals surface area contributed by atoms with Gasteiger partial charge in [0.15, 0.2) is 6.61 Å². The van der Waals surface area contributed by atoms with Gasteiger partial charge in [0.1, 0.15) is 5.75 Å². The molecule has 0 saturated heterocycles. The summed E-state index contributed by atoms with van der Waals surface area (Å²) in [6.45, 7) is 3.05. The Kier molecular flexibility index (Phi) is 3.63. The first kappa shape index (κ1) is 14.0. The van der Waals surface area contributed by atoms with E-state index in [1.54, 1.807) is 6.07 Å². The highest BCUT2D eigenvalue weighted by molar-refractivity contribution is 5.97. The van der Waals surface area contributed by atoms with Gasteiger partial charge in [-0.25, -0.2) is 0 Å². The number of benzene rings is 1. The first-order valence-corrected chi connectivity index (χ1v) is 7.36. The summed E-state index contributed by atoms with van der Waals surface area (Å²) in [6, 6.07) is 4.76. The fourth-order valence-corrected chi connectivity index (χ4v) is 2.54. The van der Waals surface area contributed by atoms with Crippen LogP contribution < -0.4 is 21.1 Å². The summed E-state index contributed by atoms with van der Waals surface area (Å²) in [7, 11) is 2.16. The lowest BCUT2D eigenvalue weighted by atomic mass is 10.2. The van der Waals surface area contributed by atoms with Gasteiger partial charge in [0.25, 0.3) is 5.91 Å². The smallest absolute Gasteiger partial charge is 0.262 e. The van der Waals surface area contributed by atoms with Crippen molar-refractivity contribution in [2.75, 3.05) is 36.6 Å². The number of amides is 1. The number of nitrogen functional groups attached to an aromatic ring is 1. The molecule has 1 aliphatic heterocycles. The van der Waals surface area contributed by atoms with Gasteiger partial charge < -0.3 is 21.1 Å². The molecule has 6 heteroatoms. The van der Waals surface area contributed by atoms with Gasteiger partial charge in [-0.3, -0.25) is 9.69 Å². The van der Waals surface area contributed by atoms with Crippen molar-refractivity contribution in [1.29, 1.82) is 0 Å². The number of nitrogens with one attached hydrogen (secondary N) is 2. The molecule has 1 atom stereocenters. The Labute approximate surface area is 124 Å². The highest BCUT2D eigenvalue weighted by Crippen LogP contribution is 2.35. The van der Waals surface area contributed by atoms with Gasteiger partial charge in [-0.1, -0.05) is 0 Å². The molecule has 114 valence electrons. The Morgan fingerprint density at radius 3 is 3.00 bits per heavy atom. The van der Waals surface area contributed by atoms with E-state index in [1.165, 1.54) is 12.8 Å². The van der Waals surface area contributed by atoms with Gasteiger partial charge in [0.05, 0.1) is 17.1 Å². The van der Waals surface area contributed by atoms with Crippen LogP contribution in [-0.4, -0.2) is 43.1 Å². The number of carbonyl (C=O) groups excluding carboxylic acids is 1. The second-order valence-electron chi connectivity index (χ2n) is 5.90. The molecule has 0 aromatic heterocycles. The second-order valence-corrected chi connectivity index (χ2v) is 5.90. The highest BCUT2D eigenvalue weighted by atomic mass is 16.5.